The molecule has 0 bridgehead atoms. The van der Waals surface area contributed by atoms with Crippen molar-refractivity contribution in [2.24, 2.45) is 0 Å². The minimum absolute atomic E-state index is 0.0570. The van der Waals surface area contributed by atoms with E-state index >= 15 is 0 Å². The first-order valence-electron chi connectivity index (χ1n) is 4.38. The third kappa shape index (κ3) is 4.16. The van der Waals surface area contributed by atoms with Crippen molar-refractivity contribution in [3.8, 4) is 5.75 Å². The summed E-state index contributed by atoms with van der Waals surface area (Å²) in [5.74, 6) is -0.422. The Morgan fingerprint density at radius 2 is 2.33 bits per heavy atom. The van der Waals surface area contributed by atoms with Crippen molar-refractivity contribution in [3.63, 3.8) is 0 Å². The quantitative estimate of drug-likeness (QED) is 0.861. The summed E-state index contributed by atoms with van der Waals surface area (Å²) in [7, 11) is 0. The highest BCUT2D eigenvalue weighted by Crippen LogP contribution is 2.17. The number of benzene rings is 1. The van der Waals surface area contributed by atoms with Crippen LogP contribution in [0.2, 0.25) is 0 Å². The lowest BCUT2D eigenvalue weighted by Gasteiger charge is -1.96. The number of phenols is 1. The maximum atomic E-state index is 12.7. The molecule has 0 radical (unpaired) electrons. The van der Waals surface area contributed by atoms with Crippen LogP contribution in [-0.4, -0.2) is 16.0 Å². The van der Waals surface area contributed by atoms with Crippen molar-refractivity contribution >= 4 is 23.0 Å². The molecule has 0 aliphatic rings. The molecule has 0 aromatic heterocycles. The van der Waals surface area contributed by atoms with E-state index in [0.29, 0.717) is 11.3 Å². The fraction of sp³-hybridized carbons (Fsp3) is 0.182. The summed E-state index contributed by atoms with van der Waals surface area (Å²) in [4.78, 5) is 10.6. The number of aromatic hydroxyl groups is 1. The molecule has 0 heterocycles. The Morgan fingerprint density at radius 3 is 2.93 bits per heavy atom. The third-order valence-electron chi connectivity index (χ3n) is 1.66. The number of hydrogen-bond acceptors (Lipinski definition) is 3. The van der Waals surface area contributed by atoms with E-state index in [1.165, 1.54) is 30.8 Å². The van der Waals surface area contributed by atoms with Crippen molar-refractivity contribution in [2.75, 3.05) is 5.75 Å². The second-order valence-electron chi connectivity index (χ2n) is 2.92. The molecule has 1 aromatic carbocycles. The van der Waals surface area contributed by atoms with Crippen LogP contribution in [0.3, 0.4) is 0 Å². The van der Waals surface area contributed by atoms with Gasteiger partial charge in [-0.15, -0.1) is 0 Å². The van der Waals surface area contributed by atoms with Gasteiger partial charge in [-0.3, -0.25) is 4.79 Å². The Bertz CT molecular complexity index is 388. The van der Waals surface area contributed by atoms with Crippen molar-refractivity contribution in [2.45, 2.75) is 6.92 Å². The molecule has 4 heteroatoms. The fourth-order valence-corrected chi connectivity index (χ4v) is 1.41. The highest BCUT2D eigenvalue weighted by Gasteiger charge is 1.98. The average molecular weight is 226 g/mol. The standard InChI is InChI=1S/C11H11FO2S/c1-8(13)15-6-2-3-9-4-5-10(12)11(14)7-9/h2-5,7,14H,6H2,1H3. The van der Waals surface area contributed by atoms with Crippen molar-refractivity contribution < 1.29 is 14.3 Å². The molecule has 1 N–H and O–H groups in total. The molecule has 0 aliphatic heterocycles. The maximum Gasteiger partial charge on any atom is 0.186 e. The Hall–Kier alpha value is -1.29. The van der Waals surface area contributed by atoms with Crippen molar-refractivity contribution in [1.82, 2.24) is 0 Å². The van der Waals surface area contributed by atoms with Gasteiger partial charge in [0.05, 0.1) is 0 Å². The van der Waals surface area contributed by atoms with Crippen LogP contribution in [0.1, 0.15) is 12.5 Å². The van der Waals surface area contributed by atoms with Crippen molar-refractivity contribution in [3.05, 3.63) is 35.7 Å². The first kappa shape index (κ1) is 11.8. The van der Waals surface area contributed by atoms with Crippen LogP contribution >= 0.6 is 11.8 Å². The number of carbonyl (C=O) groups excluding carboxylic acids is 1. The highest BCUT2D eigenvalue weighted by atomic mass is 32.2. The summed E-state index contributed by atoms with van der Waals surface area (Å²) >= 11 is 1.20. The molecule has 15 heavy (non-hydrogen) atoms. The summed E-state index contributed by atoms with van der Waals surface area (Å²) in [6.45, 7) is 1.50. The lowest BCUT2D eigenvalue weighted by Crippen LogP contribution is -1.82. The molecule has 0 spiro atoms. The number of thioether (sulfide) groups is 1. The number of hydrogen-bond donors (Lipinski definition) is 1. The second-order valence-corrected chi connectivity index (χ2v) is 4.11. The van der Waals surface area contributed by atoms with Gasteiger partial charge in [0.1, 0.15) is 0 Å². The van der Waals surface area contributed by atoms with Gasteiger partial charge in [-0.05, 0) is 17.7 Å². The van der Waals surface area contributed by atoms with E-state index in [-0.39, 0.29) is 10.9 Å². The molecule has 0 saturated carbocycles. The fourth-order valence-electron chi connectivity index (χ4n) is 0.983. The summed E-state index contributed by atoms with van der Waals surface area (Å²) in [6, 6.07) is 4.10. The lowest BCUT2D eigenvalue weighted by atomic mass is 10.2. The van der Waals surface area contributed by atoms with E-state index in [1.807, 2.05) is 0 Å². The van der Waals surface area contributed by atoms with Crippen LogP contribution in [0.25, 0.3) is 6.08 Å². The predicted octanol–water partition coefficient (Wildman–Crippen LogP) is 2.82. The van der Waals surface area contributed by atoms with Gasteiger partial charge in [-0.2, -0.15) is 0 Å². The Kier molecular flexibility index (Phi) is 4.37. The third-order valence-corrected chi connectivity index (χ3v) is 2.43. The van der Waals surface area contributed by atoms with Crippen LogP contribution in [0.15, 0.2) is 24.3 Å². The minimum Gasteiger partial charge on any atom is -0.505 e. The van der Waals surface area contributed by atoms with Crippen LogP contribution < -0.4 is 0 Å². The molecule has 2 nitrogen and oxygen atoms in total. The zero-order valence-electron chi connectivity index (χ0n) is 8.24. The van der Waals surface area contributed by atoms with Gasteiger partial charge in [-0.25, -0.2) is 4.39 Å². The average Bonchev–Trinajstić information content (AvgIpc) is 2.18. The molecule has 0 fully saturated rings. The van der Waals surface area contributed by atoms with Gasteiger partial charge in [0, 0.05) is 12.7 Å². The summed E-state index contributed by atoms with van der Waals surface area (Å²) < 4.78 is 12.7. The number of phenolic OH excluding ortho intramolecular Hbond substituents is 1. The molecule has 80 valence electrons. The van der Waals surface area contributed by atoms with Crippen LogP contribution in [0, 0.1) is 5.82 Å². The lowest BCUT2D eigenvalue weighted by molar-refractivity contribution is -0.109. The SMILES string of the molecule is CC(=O)SCC=Cc1ccc(F)c(O)c1. The van der Waals surface area contributed by atoms with E-state index in [0.717, 1.165) is 0 Å². The predicted molar refractivity (Wildman–Crippen MR) is 60.2 cm³/mol. The van der Waals surface area contributed by atoms with Crippen LogP contribution in [0.4, 0.5) is 4.39 Å². The Morgan fingerprint density at radius 1 is 1.60 bits per heavy atom. The van der Waals surface area contributed by atoms with Crippen molar-refractivity contribution in [1.29, 1.82) is 0 Å². The first-order chi connectivity index (χ1) is 7.09. The molecule has 0 atom stereocenters. The number of carbonyl (C=O) groups is 1. The molecule has 1 aromatic rings. The normalized spacial score (nSPS) is 10.8. The minimum atomic E-state index is -0.634. The van der Waals surface area contributed by atoms with E-state index < -0.39 is 5.82 Å². The van der Waals surface area contributed by atoms with E-state index in [2.05, 4.69) is 0 Å². The van der Waals surface area contributed by atoms with E-state index in [4.69, 9.17) is 5.11 Å². The number of halogens is 1. The monoisotopic (exact) mass is 226 g/mol. The van der Waals surface area contributed by atoms with Gasteiger partial charge in [0.2, 0.25) is 0 Å². The molecule has 0 unspecified atom stereocenters. The maximum absolute atomic E-state index is 12.7. The number of rotatable bonds is 3. The molecular formula is C11H11FO2S. The van der Waals surface area contributed by atoms with Gasteiger partial charge < -0.3 is 5.11 Å². The zero-order chi connectivity index (χ0) is 11.3. The molecular weight excluding hydrogens is 215 g/mol. The summed E-state index contributed by atoms with van der Waals surface area (Å²) in [5, 5.41) is 9.13. The molecule has 0 amide bonds. The smallest absolute Gasteiger partial charge is 0.186 e. The Balaban J connectivity index is 2.57. The van der Waals surface area contributed by atoms with Crippen LogP contribution in [0.5, 0.6) is 5.75 Å². The van der Waals surface area contributed by atoms with E-state index in [1.54, 1.807) is 18.2 Å². The summed E-state index contributed by atoms with van der Waals surface area (Å²) in [5.41, 5.74) is 0.707. The van der Waals surface area contributed by atoms with Gasteiger partial charge in [0.15, 0.2) is 16.7 Å². The molecule has 0 saturated heterocycles. The molecule has 0 aliphatic carbocycles. The summed E-state index contributed by atoms with van der Waals surface area (Å²) in [6.07, 6.45) is 3.52. The second kappa shape index (κ2) is 5.56. The van der Waals surface area contributed by atoms with Gasteiger partial charge in [-0.1, -0.05) is 30.0 Å². The zero-order valence-corrected chi connectivity index (χ0v) is 9.05. The topological polar surface area (TPSA) is 37.3 Å². The van der Waals surface area contributed by atoms with E-state index in [9.17, 15) is 9.18 Å². The largest absolute Gasteiger partial charge is 0.505 e. The van der Waals surface area contributed by atoms with Crippen LogP contribution in [-0.2, 0) is 4.79 Å². The Labute approximate surface area is 91.8 Å². The van der Waals surface area contributed by atoms with Gasteiger partial charge >= 0.3 is 0 Å². The molecule has 1 rings (SSSR count). The first-order valence-corrected chi connectivity index (χ1v) is 5.36. The van der Waals surface area contributed by atoms with Gasteiger partial charge in [0.25, 0.3) is 0 Å². The highest BCUT2D eigenvalue weighted by molar-refractivity contribution is 8.13.